The summed E-state index contributed by atoms with van der Waals surface area (Å²) >= 11 is 0. The zero-order chi connectivity index (χ0) is 20.8. The van der Waals surface area contributed by atoms with E-state index in [1.165, 1.54) is 11.8 Å². The van der Waals surface area contributed by atoms with E-state index in [1.807, 2.05) is 56.3 Å². The quantitative estimate of drug-likeness (QED) is 0.245. The van der Waals surface area contributed by atoms with E-state index < -0.39 is 0 Å². The Hall–Kier alpha value is -3.67. The lowest BCUT2D eigenvalue weighted by Gasteiger charge is -2.08. The summed E-state index contributed by atoms with van der Waals surface area (Å²) in [6.07, 6.45) is 7.07. The Labute approximate surface area is 169 Å². The topological polar surface area (TPSA) is 100 Å². The van der Waals surface area contributed by atoms with Crippen molar-refractivity contribution in [3.8, 4) is 0 Å². The number of allylic oxidation sites excluding steroid dienone is 1. The van der Waals surface area contributed by atoms with Crippen molar-refractivity contribution in [1.82, 2.24) is 4.98 Å². The van der Waals surface area contributed by atoms with E-state index in [4.69, 9.17) is 5.84 Å². The van der Waals surface area contributed by atoms with Gasteiger partial charge in [0.25, 0.3) is 0 Å². The number of hydrogen-bond acceptors (Lipinski definition) is 4. The van der Waals surface area contributed by atoms with Crippen LogP contribution in [-0.2, 0) is 11.2 Å². The predicted octanol–water partition coefficient (Wildman–Crippen LogP) is 4.19. The van der Waals surface area contributed by atoms with Crippen LogP contribution >= 0.6 is 0 Å². The number of hydrazone groups is 1. The Balaban J connectivity index is 1.87. The maximum Gasteiger partial charge on any atom is 0.224 e. The smallest absolute Gasteiger partial charge is 0.224 e. The number of aromatic nitrogens is 1. The molecule has 0 fully saturated rings. The third-order valence-corrected chi connectivity index (χ3v) is 4.83. The molecule has 6 nitrogen and oxygen atoms in total. The van der Waals surface area contributed by atoms with Crippen molar-refractivity contribution in [3.63, 3.8) is 0 Å². The molecule has 0 saturated carbocycles. The molecule has 1 heterocycles. The number of aromatic amines is 1. The third kappa shape index (κ3) is 4.43. The highest BCUT2D eigenvalue weighted by Gasteiger charge is 2.14. The number of rotatable bonds is 7. The summed E-state index contributed by atoms with van der Waals surface area (Å²) in [5.74, 6) is 5.24. The normalized spacial score (nSPS) is 11.5. The van der Waals surface area contributed by atoms with Crippen molar-refractivity contribution in [2.45, 2.75) is 26.7 Å². The molecule has 0 aliphatic carbocycles. The van der Waals surface area contributed by atoms with Gasteiger partial charge < -0.3 is 16.1 Å². The molecule has 0 aliphatic rings. The zero-order valence-electron chi connectivity index (χ0n) is 16.5. The summed E-state index contributed by atoms with van der Waals surface area (Å²) in [6.45, 7) is 3.93. The number of amides is 1. The summed E-state index contributed by atoms with van der Waals surface area (Å²) < 4.78 is 0. The molecular weight excluding hydrogens is 364 g/mol. The number of aldehydes is 1. The number of benzene rings is 2. The second-order valence-electron chi connectivity index (χ2n) is 6.81. The van der Waals surface area contributed by atoms with Crippen molar-refractivity contribution >= 4 is 41.1 Å². The molecule has 0 unspecified atom stereocenters. The second kappa shape index (κ2) is 9.01. The van der Waals surface area contributed by atoms with Gasteiger partial charge in [0.05, 0.1) is 6.21 Å². The Morgan fingerprint density at radius 2 is 2.07 bits per heavy atom. The number of hydrogen-bond donors (Lipinski definition) is 3. The van der Waals surface area contributed by atoms with Gasteiger partial charge in [-0.05, 0) is 49.6 Å². The molecule has 6 heteroatoms. The van der Waals surface area contributed by atoms with E-state index in [0.29, 0.717) is 24.1 Å². The molecule has 3 aromatic rings. The van der Waals surface area contributed by atoms with Crippen LogP contribution in [0, 0.1) is 6.92 Å². The van der Waals surface area contributed by atoms with E-state index in [9.17, 15) is 9.59 Å². The average Bonchev–Trinajstić information content (AvgIpc) is 3.04. The SMILES string of the molecule is C/C=C/c1[nH]c2cc(NC(=O)CCc3ccccc3C)cc(C=O)c2c1/C=N\N. The van der Waals surface area contributed by atoms with E-state index in [1.54, 1.807) is 6.07 Å². The number of carbonyl (C=O) groups is 2. The van der Waals surface area contributed by atoms with Crippen LogP contribution in [0.5, 0.6) is 0 Å². The Kier molecular flexibility index (Phi) is 6.24. The summed E-state index contributed by atoms with van der Waals surface area (Å²) in [5, 5.41) is 7.23. The average molecular weight is 388 g/mol. The van der Waals surface area contributed by atoms with Crippen LogP contribution in [0.25, 0.3) is 17.0 Å². The van der Waals surface area contributed by atoms with Crippen LogP contribution in [0.4, 0.5) is 5.69 Å². The van der Waals surface area contributed by atoms with Gasteiger partial charge in [0.2, 0.25) is 5.91 Å². The Bertz CT molecular complexity index is 1110. The lowest BCUT2D eigenvalue weighted by molar-refractivity contribution is -0.116. The Morgan fingerprint density at radius 1 is 1.28 bits per heavy atom. The number of fused-ring (bicyclic) bond motifs is 1. The van der Waals surface area contributed by atoms with Crippen molar-refractivity contribution in [2.24, 2.45) is 10.9 Å². The molecule has 148 valence electrons. The Morgan fingerprint density at radius 3 is 2.76 bits per heavy atom. The van der Waals surface area contributed by atoms with Crippen LogP contribution < -0.4 is 11.2 Å². The standard InChI is InChI=1S/C23H24N4O2/c1-3-6-20-19(13-25-24)23-17(14-28)11-18(12-21(23)27-20)26-22(29)10-9-16-8-5-4-7-15(16)2/h3-8,11-14,27H,9-10,24H2,1-2H3,(H,26,29)/b6-3+,25-13-. The van der Waals surface area contributed by atoms with Gasteiger partial charge in [0.1, 0.15) is 0 Å². The molecule has 2 aromatic carbocycles. The number of nitrogens with zero attached hydrogens (tertiary/aromatic N) is 1. The molecule has 0 saturated heterocycles. The van der Waals surface area contributed by atoms with Crippen LogP contribution in [0.1, 0.15) is 46.1 Å². The molecule has 1 amide bonds. The van der Waals surface area contributed by atoms with Gasteiger partial charge in [0, 0.05) is 39.8 Å². The van der Waals surface area contributed by atoms with Crippen molar-refractivity contribution < 1.29 is 9.59 Å². The van der Waals surface area contributed by atoms with Crippen LogP contribution in [0.3, 0.4) is 0 Å². The van der Waals surface area contributed by atoms with Gasteiger partial charge in [-0.25, -0.2) is 0 Å². The molecule has 3 rings (SSSR count). The maximum absolute atomic E-state index is 12.5. The first kappa shape index (κ1) is 20.1. The fourth-order valence-corrected chi connectivity index (χ4v) is 3.44. The van der Waals surface area contributed by atoms with Crippen molar-refractivity contribution in [2.75, 3.05) is 5.32 Å². The van der Waals surface area contributed by atoms with Crippen LogP contribution in [-0.4, -0.2) is 23.4 Å². The number of nitrogens with one attached hydrogen (secondary N) is 2. The largest absolute Gasteiger partial charge is 0.354 e. The second-order valence-corrected chi connectivity index (χ2v) is 6.81. The molecular formula is C23H24N4O2. The molecule has 4 N–H and O–H groups in total. The van der Waals surface area contributed by atoms with E-state index >= 15 is 0 Å². The minimum Gasteiger partial charge on any atom is -0.354 e. The van der Waals surface area contributed by atoms with Gasteiger partial charge in [0.15, 0.2) is 6.29 Å². The van der Waals surface area contributed by atoms with Crippen LogP contribution in [0.2, 0.25) is 0 Å². The molecule has 29 heavy (non-hydrogen) atoms. The summed E-state index contributed by atoms with van der Waals surface area (Å²) in [4.78, 5) is 27.4. The minimum absolute atomic E-state index is 0.103. The fourth-order valence-electron chi connectivity index (χ4n) is 3.44. The first-order valence-electron chi connectivity index (χ1n) is 9.42. The lowest BCUT2D eigenvalue weighted by Crippen LogP contribution is -2.13. The van der Waals surface area contributed by atoms with Gasteiger partial charge in [-0.15, -0.1) is 0 Å². The number of H-pyrrole nitrogens is 1. The van der Waals surface area contributed by atoms with E-state index in [-0.39, 0.29) is 5.91 Å². The van der Waals surface area contributed by atoms with Gasteiger partial charge in [-0.1, -0.05) is 30.3 Å². The van der Waals surface area contributed by atoms with Gasteiger partial charge >= 0.3 is 0 Å². The summed E-state index contributed by atoms with van der Waals surface area (Å²) in [6, 6.07) is 11.5. The summed E-state index contributed by atoms with van der Waals surface area (Å²) in [7, 11) is 0. The molecule has 1 aromatic heterocycles. The van der Waals surface area contributed by atoms with E-state index in [2.05, 4.69) is 15.4 Å². The highest BCUT2D eigenvalue weighted by atomic mass is 16.1. The highest BCUT2D eigenvalue weighted by Crippen LogP contribution is 2.28. The van der Waals surface area contributed by atoms with Gasteiger partial charge in [-0.2, -0.15) is 5.10 Å². The first-order chi connectivity index (χ1) is 14.1. The number of nitrogens with two attached hydrogens (primary N) is 1. The minimum atomic E-state index is -0.103. The van der Waals surface area contributed by atoms with Crippen molar-refractivity contribution in [3.05, 3.63) is 70.4 Å². The molecule has 0 aliphatic heterocycles. The molecule has 0 radical (unpaired) electrons. The van der Waals surface area contributed by atoms with Crippen molar-refractivity contribution in [1.29, 1.82) is 0 Å². The highest BCUT2D eigenvalue weighted by molar-refractivity contribution is 6.11. The zero-order valence-corrected chi connectivity index (χ0v) is 16.5. The molecule has 0 atom stereocenters. The number of anilines is 1. The maximum atomic E-state index is 12.5. The molecule has 0 bridgehead atoms. The predicted molar refractivity (Wildman–Crippen MR) is 118 cm³/mol. The first-order valence-corrected chi connectivity index (χ1v) is 9.42. The van der Waals surface area contributed by atoms with Crippen LogP contribution in [0.15, 0.2) is 47.6 Å². The monoisotopic (exact) mass is 388 g/mol. The van der Waals surface area contributed by atoms with E-state index in [0.717, 1.165) is 34.0 Å². The fraction of sp³-hybridized carbons (Fsp3) is 0.174. The van der Waals surface area contributed by atoms with Gasteiger partial charge in [-0.3, -0.25) is 9.59 Å². The number of carbonyl (C=O) groups excluding carboxylic acids is 2. The molecule has 0 spiro atoms. The summed E-state index contributed by atoms with van der Waals surface area (Å²) in [5.41, 5.74) is 5.60. The lowest BCUT2D eigenvalue weighted by atomic mass is 10.0. The number of aryl methyl sites for hydroxylation is 2. The third-order valence-electron chi connectivity index (χ3n) is 4.83.